The zero-order valence-corrected chi connectivity index (χ0v) is 11.6. The van der Waals surface area contributed by atoms with Gasteiger partial charge in [-0.1, -0.05) is 11.6 Å². The Hall–Kier alpha value is -2.21. The van der Waals surface area contributed by atoms with E-state index in [4.69, 9.17) is 11.6 Å². The van der Waals surface area contributed by atoms with E-state index in [-0.39, 0.29) is 16.6 Å². The van der Waals surface area contributed by atoms with E-state index in [1.165, 1.54) is 23.1 Å². The first kappa shape index (κ1) is 14.2. The highest BCUT2D eigenvalue weighted by atomic mass is 35.5. The predicted molar refractivity (Wildman–Crippen MR) is 74.7 cm³/mol. The second-order valence-corrected chi connectivity index (χ2v) is 4.66. The monoisotopic (exact) mass is 294 g/mol. The van der Waals surface area contributed by atoms with E-state index >= 15 is 0 Å². The average molecular weight is 295 g/mol. The summed E-state index contributed by atoms with van der Waals surface area (Å²) in [5.41, 5.74) is 0.829. The third kappa shape index (κ3) is 3.21. The van der Waals surface area contributed by atoms with Gasteiger partial charge in [0.2, 0.25) is 0 Å². The largest absolute Gasteiger partial charge is 0.343 e. The molecule has 1 N–H and O–H groups in total. The molecule has 1 heterocycles. The molecule has 0 saturated heterocycles. The fourth-order valence-electron chi connectivity index (χ4n) is 1.46. The molecule has 0 fully saturated rings. The van der Waals surface area contributed by atoms with Gasteiger partial charge in [-0.05, 0) is 30.3 Å². The number of anilines is 2. The SMILES string of the molecule is CN(C)C(=O)c1ccc(Nc2ccc(F)c(Cl)c2)nn1. The molecular weight excluding hydrogens is 283 g/mol. The van der Waals surface area contributed by atoms with Crippen molar-refractivity contribution in [3.05, 3.63) is 46.9 Å². The molecule has 2 rings (SSSR count). The first-order valence-electron chi connectivity index (χ1n) is 5.75. The summed E-state index contributed by atoms with van der Waals surface area (Å²) in [6.45, 7) is 0. The molecule has 0 saturated carbocycles. The number of halogens is 2. The van der Waals surface area contributed by atoms with Crippen LogP contribution in [0.3, 0.4) is 0 Å². The van der Waals surface area contributed by atoms with Gasteiger partial charge in [-0.15, -0.1) is 10.2 Å². The zero-order chi connectivity index (χ0) is 14.7. The van der Waals surface area contributed by atoms with Crippen molar-refractivity contribution in [3.8, 4) is 0 Å². The number of carbonyl (C=O) groups is 1. The molecule has 0 bridgehead atoms. The van der Waals surface area contributed by atoms with Crippen LogP contribution in [0.5, 0.6) is 0 Å². The van der Waals surface area contributed by atoms with Crippen molar-refractivity contribution >= 4 is 29.0 Å². The normalized spacial score (nSPS) is 10.2. The second kappa shape index (κ2) is 5.83. The minimum absolute atomic E-state index is 0.0161. The van der Waals surface area contributed by atoms with Crippen LogP contribution >= 0.6 is 11.6 Å². The molecule has 1 aromatic carbocycles. The molecule has 0 unspecified atom stereocenters. The average Bonchev–Trinajstić information content (AvgIpc) is 2.43. The van der Waals surface area contributed by atoms with Gasteiger partial charge in [-0.2, -0.15) is 0 Å². The van der Waals surface area contributed by atoms with Crippen LogP contribution in [-0.4, -0.2) is 35.1 Å². The van der Waals surface area contributed by atoms with Crippen LogP contribution in [0.25, 0.3) is 0 Å². The Morgan fingerprint density at radius 3 is 2.55 bits per heavy atom. The van der Waals surface area contributed by atoms with Crippen molar-refractivity contribution in [2.75, 3.05) is 19.4 Å². The number of hydrogen-bond donors (Lipinski definition) is 1. The Morgan fingerprint density at radius 1 is 1.25 bits per heavy atom. The van der Waals surface area contributed by atoms with E-state index in [9.17, 15) is 9.18 Å². The summed E-state index contributed by atoms with van der Waals surface area (Å²) in [6, 6.07) is 7.39. The summed E-state index contributed by atoms with van der Waals surface area (Å²) in [5, 5.41) is 10.6. The first-order valence-corrected chi connectivity index (χ1v) is 6.12. The predicted octanol–water partition coefficient (Wildman–Crippen LogP) is 2.71. The Morgan fingerprint density at radius 2 is 2.00 bits per heavy atom. The summed E-state index contributed by atoms with van der Waals surface area (Å²) >= 11 is 5.68. The quantitative estimate of drug-likeness (QED) is 0.945. The van der Waals surface area contributed by atoms with Crippen molar-refractivity contribution in [2.24, 2.45) is 0 Å². The van der Waals surface area contributed by atoms with Crippen LogP contribution in [0.2, 0.25) is 5.02 Å². The number of benzene rings is 1. The third-order valence-electron chi connectivity index (χ3n) is 2.48. The number of nitrogens with zero attached hydrogens (tertiary/aromatic N) is 3. The minimum atomic E-state index is -0.491. The zero-order valence-electron chi connectivity index (χ0n) is 10.9. The van der Waals surface area contributed by atoms with E-state index in [1.807, 2.05) is 0 Å². The number of nitrogens with one attached hydrogen (secondary N) is 1. The van der Waals surface area contributed by atoms with Crippen molar-refractivity contribution in [2.45, 2.75) is 0 Å². The van der Waals surface area contributed by atoms with Gasteiger partial charge in [0.25, 0.3) is 5.91 Å². The van der Waals surface area contributed by atoms with Crippen molar-refractivity contribution < 1.29 is 9.18 Å². The van der Waals surface area contributed by atoms with Crippen molar-refractivity contribution in [1.82, 2.24) is 15.1 Å². The molecule has 0 aliphatic heterocycles. The van der Waals surface area contributed by atoms with Gasteiger partial charge in [0.15, 0.2) is 11.5 Å². The van der Waals surface area contributed by atoms with Crippen LogP contribution in [-0.2, 0) is 0 Å². The fourth-order valence-corrected chi connectivity index (χ4v) is 1.64. The van der Waals surface area contributed by atoms with Gasteiger partial charge in [0, 0.05) is 19.8 Å². The molecular formula is C13H12ClFN4O. The summed E-state index contributed by atoms with van der Waals surface area (Å²) < 4.78 is 13.0. The molecule has 0 radical (unpaired) electrons. The van der Waals surface area contributed by atoms with Crippen molar-refractivity contribution in [3.63, 3.8) is 0 Å². The van der Waals surface area contributed by atoms with Gasteiger partial charge in [-0.3, -0.25) is 4.79 Å². The lowest BCUT2D eigenvalue weighted by atomic mass is 10.3. The molecule has 20 heavy (non-hydrogen) atoms. The highest BCUT2D eigenvalue weighted by molar-refractivity contribution is 6.31. The number of amides is 1. The maximum absolute atomic E-state index is 13.0. The van der Waals surface area contributed by atoms with Gasteiger partial charge in [0.05, 0.1) is 5.02 Å². The second-order valence-electron chi connectivity index (χ2n) is 4.26. The highest BCUT2D eigenvalue weighted by Gasteiger charge is 2.10. The van der Waals surface area contributed by atoms with Crippen molar-refractivity contribution in [1.29, 1.82) is 0 Å². The van der Waals surface area contributed by atoms with Gasteiger partial charge >= 0.3 is 0 Å². The van der Waals surface area contributed by atoms with Gasteiger partial charge in [0.1, 0.15) is 5.82 Å². The minimum Gasteiger partial charge on any atom is -0.343 e. The lowest BCUT2D eigenvalue weighted by Crippen LogP contribution is -2.23. The standard InChI is InChI=1S/C13H12ClFN4O/c1-19(2)13(20)11-5-6-12(18-17-11)16-8-3-4-10(15)9(14)7-8/h3-7H,1-2H3,(H,16,18). The summed E-state index contributed by atoms with van der Waals surface area (Å²) in [5.74, 6) is -0.285. The van der Waals surface area contributed by atoms with Crippen LogP contribution in [0.1, 0.15) is 10.5 Å². The van der Waals surface area contributed by atoms with Crippen LogP contribution < -0.4 is 5.32 Å². The molecule has 5 nitrogen and oxygen atoms in total. The van der Waals surface area contributed by atoms with Crippen LogP contribution in [0.15, 0.2) is 30.3 Å². The number of aromatic nitrogens is 2. The molecule has 7 heteroatoms. The molecule has 1 amide bonds. The number of rotatable bonds is 3. The molecule has 104 valence electrons. The lowest BCUT2D eigenvalue weighted by Gasteiger charge is -2.09. The third-order valence-corrected chi connectivity index (χ3v) is 2.77. The topological polar surface area (TPSA) is 58.1 Å². The van der Waals surface area contributed by atoms with E-state index in [0.29, 0.717) is 11.5 Å². The maximum atomic E-state index is 13.0. The van der Waals surface area contributed by atoms with Gasteiger partial charge in [-0.25, -0.2) is 4.39 Å². The van der Waals surface area contributed by atoms with Gasteiger partial charge < -0.3 is 10.2 Å². The summed E-state index contributed by atoms with van der Waals surface area (Å²) in [4.78, 5) is 13.1. The number of carbonyl (C=O) groups excluding carboxylic acids is 1. The number of hydrogen-bond acceptors (Lipinski definition) is 4. The molecule has 1 aromatic heterocycles. The molecule has 0 spiro atoms. The van der Waals surface area contributed by atoms with Crippen LogP contribution in [0, 0.1) is 5.82 Å². The van der Waals surface area contributed by atoms with E-state index in [0.717, 1.165) is 0 Å². The summed E-state index contributed by atoms with van der Waals surface area (Å²) in [6.07, 6.45) is 0. The Kier molecular flexibility index (Phi) is 4.14. The van der Waals surface area contributed by atoms with Crippen LogP contribution in [0.4, 0.5) is 15.9 Å². The Labute approximate surface area is 120 Å². The van der Waals surface area contributed by atoms with E-state index < -0.39 is 5.82 Å². The first-order chi connectivity index (χ1) is 9.47. The van der Waals surface area contributed by atoms with E-state index in [2.05, 4.69) is 15.5 Å². The maximum Gasteiger partial charge on any atom is 0.273 e. The summed E-state index contributed by atoms with van der Waals surface area (Å²) in [7, 11) is 3.27. The van der Waals surface area contributed by atoms with E-state index in [1.54, 1.807) is 26.2 Å². The lowest BCUT2D eigenvalue weighted by molar-refractivity contribution is 0.0821. The smallest absolute Gasteiger partial charge is 0.273 e. The molecule has 0 aliphatic rings. The molecule has 2 aromatic rings. The Bertz CT molecular complexity index is 631. The Balaban J connectivity index is 2.14. The molecule has 0 aliphatic carbocycles. The molecule has 0 atom stereocenters. The highest BCUT2D eigenvalue weighted by Crippen LogP contribution is 2.21. The fraction of sp³-hybridized carbons (Fsp3) is 0.154.